The Morgan fingerprint density at radius 3 is 2.53 bits per heavy atom. The van der Waals surface area contributed by atoms with E-state index in [9.17, 15) is 0 Å². The van der Waals surface area contributed by atoms with Gasteiger partial charge in [0.1, 0.15) is 0 Å². The van der Waals surface area contributed by atoms with E-state index in [2.05, 4.69) is 53.0 Å². The highest BCUT2D eigenvalue weighted by molar-refractivity contribution is 9.10. The number of likely N-dealkylation sites (tertiary alicyclic amines) is 1. The van der Waals surface area contributed by atoms with Crippen LogP contribution in [0, 0.1) is 6.92 Å². The maximum absolute atomic E-state index is 3.55. The Labute approximate surface area is 101 Å². The van der Waals surface area contributed by atoms with Crippen LogP contribution in [-0.2, 0) is 0 Å². The maximum atomic E-state index is 3.55. The average Bonchev–Trinajstić information content (AvgIpc) is 2.23. The van der Waals surface area contributed by atoms with Crippen LogP contribution in [-0.4, -0.2) is 25.0 Å². The smallest absolute Gasteiger partial charge is 0.0204 e. The van der Waals surface area contributed by atoms with Crippen LogP contribution in [0.2, 0.25) is 0 Å². The summed E-state index contributed by atoms with van der Waals surface area (Å²) in [5, 5.41) is 0. The molecule has 0 unspecified atom stereocenters. The first-order chi connectivity index (χ1) is 7.16. The van der Waals surface area contributed by atoms with Gasteiger partial charge in [-0.2, -0.15) is 0 Å². The first-order valence-electron chi connectivity index (χ1n) is 5.61. The van der Waals surface area contributed by atoms with Gasteiger partial charge in [-0.05, 0) is 63.0 Å². The Bertz CT molecular complexity index is 340. The van der Waals surface area contributed by atoms with E-state index in [1.165, 1.54) is 41.5 Å². The van der Waals surface area contributed by atoms with Crippen LogP contribution in [0.1, 0.15) is 29.9 Å². The molecule has 0 spiro atoms. The standard InChI is InChI=1S/C13H18BrN/c1-10-9-12(3-4-13(10)14)11-5-7-15(2)8-6-11/h3-4,9,11H,5-8H2,1-2H3. The normalized spacial score (nSPS) is 19.4. The van der Waals surface area contributed by atoms with Crippen molar-refractivity contribution in [2.24, 2.45) is 0 Å². The molecule has 1 aliphatic rings. The molecule has 2 heteroatoms. The Balaban J connectivity index is 2.12. The Kier molecular flexibility index (Phi) is 3.47. The molecular weight excluding hydrogens is 250 g/mol. The van der Waals surface area contributed by atoms with Crippen molar-refractivity contribution < 1.29 is 0 Å². The van der Waals surface area contributed by atoms with E-state index in [1.54, 1.807) is 0 Å². The molecule has 0 aromatic heterocycles. The lowest BCUT2D eigenvalue weighted by molar-refractivity contribution is 0.255. The van der Waals surface area contributed by atoms with Crippen LogP contribution in [0.15, 0.2) is 22.7 Å². The first kappa shape index (κ1) is 11.2. The van der Waals surface area contributed by atoms with E-state index in [0.29, 0.717) is 0 Å². The number of benzene rings is 1. The molecule has 0 radical (unpaired) electrons. The van der Waals surface area contributed by atoms with E-state index in [0.717, 1.165) is 5.92 Å². The highest BCUT2D eigenvalue weighted by Crippen LogP contribution is 2.29. The fraction of sp³-hybridized carbons (Fsp3) is 0.538. The van der Waals surface area contributed by atoms with E-state index < -0.39 is 0 Å². The van der Waals surface area contributed by atoms with Gasteiger partial charge < -0.3 is 4.90 Å². The zero-order valence-corrected chi connectivity index (χ0v) is 11.0. The number of piperidine rings is 1. The summed E-state index contributed by atoms with van der Waals surface area (Å²) in [5.74, 6) is 0.771. The van der Waals surface area contributed by atoms with Gasteiger partial charge in [-0.15, -0.1) is 0 Å². The molecule has 0 saturated carbocycles. The van der Waals surface area contributed by atoms with Gasteiger partial charge in [-0.1, -0.05) is 28.1 Å². The quantitative estimate of drug-likeness (QED) is 0.752. The second kappa shape index (κ2) is 4.67. The Hall–Kier alpha value is -0.340. The summed E-state index contributed by atoms with van der Waals surface area (Å²) in [6, 6.07) is 6.79. The van der Waals surface area contributed by atoms with Crippen LogP contribution in [0.4, 0.5) is 0 Å². The predicted octanol–water partition coefficient (Wildman–Crippen LogP) is 3.57. The van der Waals surface area contributed by atoms with Crippen molar-refractivity contribution in [1.82, 2.24) is 4.90 Å². The fourth-order valence-electron chi connectivity index (χ4n) is 2.26. The molecule has 15 heavy (non-hydrogen) atoms. The number of halogens is 1. The van der Waals surface area contributed by atoms with Gasteiger partial charge in [0.25, 0.3) is 0 Å². The number of aryl methyl sites for hydroxylation is 1. The summed E-state index contributed by atoms with van der Waals surface area (Å²) < 4.78 is 1.22. The van der Waals surface area contributed by atoms with Gasteiger partial charge in [0.05, 0.1) is 0 Å². The number of rotatable bonds is 1. The minimum Gasteiger partial charge on any atom is -0.306 e. The monoisotopic (exact) mass is 267 g/mol. The zero-order chi connectivity index (χ0) is 10.8. The fourth-order valence-corrected chi connectivity index (χ4v) is 2.51. The lowest BCUT2D eigenvalue weighted by Gasteiger charge is -2.29. The second-order valence-electron chi connectivity index (χ2n) is 4.59. The number of nitrogens with zero attached hydrogens (tertiary/aromatic N) is 1. The number of hydrogen-bond acceptors (Lipinski definition) is 1. The molecule has 82 valence electrons. The lowest BCUT2D eigenvalue weighted by Crippen LogP contribution is -2.29. The third-order valence-electron chi connectivity index (χ3n) is 3.37. The van der Waals surface area contributed by atoms with Crippen LogP contribution in [0.5, 0.6) is 0 Å². The summed E-state index contributed by atoms with van der Waals surface area (Å²) in [5.41, 5.74) is 2.87. The van der Waals surface area contributed by atoms with Crippen LogP contribution in [0.3, 0.4) is 0 Å². The summed E-state index contributed by atoms with van der Waals surface area (Å²) >= 11 is 3.55. The molecular formula is C13H18BrN. The van der Waals surface area contributed by atoms with Gasteiger partial charge in [0.15, 0.2) is 0 Å². The molecule has 2 rings (SSSR count). The first-order valence-corrected chi connectivity index (χ1v) is 6.40. The zero-order valence-electron chi connectivity index (χ0n) is 9.46. The SMILES string of the molecule is Cc1cc(C2CCN(C)CC2)ccc1Br. The summed E-state index contributed by atoms with van der Waals surface area (Å²) in [6.45, 7) is 4.64. The molecule has 1 aliphatic heterocycles. The van der Waals surface area contributed by atoms with Crippen LogP contribution >= 0.6 is 15.9 Å². The molecule has 1 nitrogen and oxygen atoms in total. The Morgan fingerprint density at radius 2 is 1.93 bits per heavy atom. The van der Waals surface area contributed by atoms with Gasteiger partial charge in [0, 0.05) is 4.47 Å². The summed E-state index contributed by atoms with van der Waals surface area (Å²) in [7, 11) is 2.21. The minimum atomic E-state index is 0.771. The molecule has 1 aromatic rings. The van der Waals surface area contributed by atoms with Crippen molar-refractivity contribution in [2.75, 3.05) is 20.1 Å². The molecule has 0 bridgehead atoms. The van der Waals surface area contributed by atoms with E-state index >= 15 is 0 Å². The average molecular weight is 268 g/mol. The topological polar surface area (TPSA) is 3.24 Å². The van der Waals surface area contributed by atoms with Crippen molar-refractivity contribution in [3.8, 4) is 0 Å². The van der Waals surface area contributed by atoms with Gasteiger partial charge in [-0.25, -0.2) is 0 Å². The van der Waals surface area contributed by atoms with E-state index in [-0.39, 0.29) is 0 Å². The van der Waals surface area contributed by atoms with Gasteiger partial charge in [-0.3, -0.25) is 0 Å². The van der Waals surface area contributed by atoms with Crippen molar-refractivity contribution in [3.05, 3.63) is 33.8 Å². The lowest BCUT2D eigenvalue weighted by atomic mass is 9.89. The Morgan fingerprint density at radius 1 is 1.27 bits per heavy atom. The largest absolute Gasteiger partial charge is 0.306 e. The van der Waals surface area contributed by atoms with Crippen molar-refractivity contribution in [2.45, 2.75) is 25.7 Å². The molecule has 0 amide bonds. The molecule has 0 N–H and O–H groups in total. The third kappa shape index (κ3) is 2.61. The van der Waals surface area contributed by atoms with Crippen molar-refractivity contribution >= 4 is 15.9 Å². The molecule has 1 saturated heterocycles. The van der Waals surface area contributed by atoms with E-state index in [4.69, 9.17) is 0 Å². The van der Waals surface area contributed by atoms with Gasteiger partial charge >= 0.3 is 0 Å². The highest BCUT2D eigenvalue weighted by atomic mass is 79.9. The van der Waals surface area contributed by atoms with Crippen molar-refractivity contribution in [3.63, 3.8) is 0 Å². The van der Waals surface area contributed by atoms with Crippen molar-refractivity contribution in [1.29, 1.82) is 0 Å². The minimum absolute atomic E-state index is 0.771. The van der Waals surface area contributed by atoms with Crippen LogP contribution in [0.25, 0.3) is 0 Å². The second-order valence-corrected chi connectivity index (χ2v) is 5.44. The predicted molar refractivity (Wildman–Crippen MR) is 68.4 cm³/mol. The molecule has 0 aliphatic carbocycles. The number of hydrogen-bond donors (Lipinski definition) is 0. The summed E-state index contributed by atoms with van der Waals surface area (Å²) in [6.07, 6.45) is 2.61. The third-order valence-corrected chi connectivity index (χ3v) is 4.26. The molecule has 1 fully saturated rings. The maximum Gasteiger partial charge on any atom is 0.0204 e. The molecule has 1 aromatic carbocycles. The van der Waals surface area contributed by atoms with Crippen LogP contribution < -0.4 is 0 Å². The summed E-state index contributed by atoms with van der Waals surface area (Å²) in [4.78, 5) is 2.42. The van der Waals surface area contributed by atoms with E-state index in [1.807, 2.05) is 0 Å². The van der Waals surface area contributed by atoms with Gasteiger partial charge in [0.2, 0.25) is 0 Å². The molecule has 1 heterocycles. The highest BCUT2D eigenvalue weighted by Gasteiger charge is 2.18. The molecule has 0 atom stereocenters.